The Morgan fingerprint density at radius 2 is 1.86 bits per heavy atom. The van der Waals surface area contributed by atoms with Gasteiger partial charge in [-0.15, -0.1) is 0 Å². The van der Waals surface area contributed by atoms with Gasteiger partial charge in [0.1, 0.15) is 17.3 Å². The zero-order valence-electron chi connectivity index (χ0n) is 7.89. The highest BCUT2D eigenvalue weighted by Gasteiger charge is 2.18. The molecule has 0 amide bonds. The van der Waals surface area contributed by atoms with Crippen molar-refractivity contribution < 1.29 is 8.78 Å². The number of halogens is 2. The van der Waals surface area contributed by atoms with E-state index in [9.17, 15) is 8.78 Å². The number of hydrogen-bond donors (Lipinski definition) is 1. The Bertz CT molecular complexity index is 301. The molecule has 0 saturated heterocycles. The zero-order chi connectivity index (χ0) is 9.97. The molecule has 3 heteroatoms. The lowest BCUT2D eigenvalue weighted by atomic mass is 9.85. The summed E-state index contributed by atoms with van der Waals surface area (Å²) in [6.07, 6.45) is 3.58. The number of rotatable bonds is 3. The molecule has 0 spiro atoms. The minimum Gasteiger partial charge on any atom is -0.380 e. The molecule has 1 aliphatic carbocycles. The fourth-order valence-corrected chi connectivity index (χ4v) is 1.61. The minimum absolute atomic E-state index is 0.0133. The first-order valence-electron chi connectivity index (χ1n) is 4.95. The van der Waals surface area contributed by atoms with Crippen molar-refractivity contribution in [2.24, 2.45) is 5.92 Å². The van der Waals surface area contributed by atoms with Crippen molar-refractivity contribution in [2.75, 3.05) is 11.9 Å². The third-order valence-corrected chi connectivity index (χ3v) is 2.76. The average Bonchev–Trinajstić information content (AvgIpc) is 2.07. The Morgan fingerprint density at radius 3 is 2.36 bits per heavy atom. The van der Waals surface area contributed by atoms with Crippen LogP contribution in [0.3, 0.4) is 0 Å². The van der Waals surface area contributed by atoms with Gasteiger partial charge in [0.2, 0.25) is 0 Å². The monoisotopic (exact) mass is 197 g/mol. The van der Waals surface area contributed by atoms with E-state index in [-0.39, 0.29) is 5.69 Å². The Kier molecular flexibility index (Phi) is 2.66. The van der Waals surface area contributed by atoms with Crippen molar-refractivity contribution in [1.29, 1.82) is 0 Å². The van der Waals surface area contributed by atoms with Crippen LogP contribution in [0, 0.1) is 17.6 Å². The summed E-state index contributed by atoms with van der Waals surface area (Å²) >= 11 is 0. The quantitative estimate of drug-likeness (QED) is 0.784. The van der Waals surface area contributed by atoms with Gasteiger partial charge in [-0.05, 0) is 30.9 Å². The van der Waals surface area contributed by atoms with Gasteiger partial charge in [0.15, 0.2) is 0 Å². The summed E-state index contributed by atoms with van der Waals surface area (Å²) in [5.74, 6) is -0.428. The second-order valence-electron chi connectivity index (χ2n) is 3.77. The topological polar surface area (TPSA) is 12.0 Å². The molecule has 0 bridgehead atoms. The number of benzene rings is 1. The van der Waals surface area contributed by atoms with Crippen molar-refractivity contribution in [2.45, 2.75) is 19.3 Å². The molecule has 0 unspecified atom stereocenters. The Labute approximate surface area is 82.1 Å². The maximum absolute atomic E-state index is 13.1. The van der Waals surface area contributed by atoms with E-state index in [1.807, 2.05) is 0 Å². The largest absolute Gasteiger partial charge is 0.380 e. The Morgan fingerprint density at radius 1 is 1.21 bits per heavy atom. The van der Waals surface area contributed by atoms with Gasteiger partial charge >= 0.3 is 0 Å². The molecule has 0 aliphatic heterocycles. The third-order valence-electron chi connectivity index (χ3n) is 2.76. The minimum atomic E-state index is -0.510. The van der Waals surface area contributed by atoms with Crippen LogP contribution in [0.2, 0.25) is 0 Å². The van der Waals surface area contributed by atoms with Crippen LogP contribution >= 0.6 is 0 Å². The molecule has 1 N–H and O–H groups in total. The lowest BCUT2D eigenvalue weighted by Crippen LogP contribution is -2.21. The van der Waals surface area contributed by atoms with E-state index in [2.05, 4.69) is 5.32 Å². The van der Waals surface area contributed by atoms with Gasteiger partial charge in [-0.25, -0.2) is 8.78 Å². The number of para-hydroxylation sites is 1. The SMILES string of the molecule is Fc1cccc(F)c1NCC1CCC1. The summed E-state index contributed by atoms with van der Waals surface area (Å²) in [5.41, 5.74) is 0.0133. The first-order chi connectivity index (χ1) is 6.77. The van der Waals surface area contributed by atoms with Gasteiger partial charge in [0.05, 0.1) is 0 Å². The van der Waals surface area contributed by atoms with Gasteiger partial charge in [0.25, 0.3) is 0 Å². The molecule has 1 saturated carbocycles. The molecule has 0 aromatic heterocycles. The van der Waals surface area contributed by atoms with Gasteiger partial charge in [-0.2, -0.15) is 0 Å². The van der Waals surface area contributed by atoms with Gasteiger partial charge in [-0.1, -0.05) is 12.5 Å². The molecule has 1 aromatic carbocycles. The summed E-state index contributed by atoms with van der Waals surface area (Å²) in [6.45, 7) is 0.678. The highest BCUT2D eigenvalue weighted by Crippen LogP contribution is 2.27. The molecule has 1 fully saturated rings. The molecular weight excluding hydrogens is 184 g/mol. The molecule has 1 aromatic rings. The predicted octanol–water partition coefficient (Wildman–Crippen LogP) is 3.18. The third kappa shape index (κ3) is 1.86. The first kappa shape index (κ1) is 9.44. The first-order valence-corrected chi connectivity index (χ1v) is 4.95. The molecular formula is C11H13F2N. The van der Waals surface area contributed by atoms with E-state index in [1.54, 1.807) is 0 Å². The smallest absolute Gasteiger partial charge is 0.149 e. The Hall–Kier alpha value is -1.12. The number of nitrogens with one attached hydrogen (secondary N) is 1. The van der Waals surface area contributed by atoms with Crippen LogP contribution in [-0.2, 0) is 0 Å². The van der Waals surface area contributed by atoms with E-state index in [0.29, 0.717) is 12.5 Å². The van der Waals surface area contributed by atoms with Crippen LogP contribution in [0.15, 0.2) is 18.2 Å². The molecule has 0 radical (unpaired) electrons. The second kappa shape index (κ2) is 3.95. The van der Waals surface area contributed by atoms with Gasteiger partial charge in [0, 0.05) is 6.54 Å². The Balaban J connectivity index is 2.00. The average molecular weight is 197 g/mol. The molecule has 0 atom stereocenters. The second-order valence-corrected chi connectivity index (χ2v) is 3.77. The summed E-state index contributed by atoms with van der Waals surface area (Å²) in [4.78, 5) is 0. The number of hydrogen-bond acceptors (Lipinski definition) is 1. The van der Waals surface area contributed by atoms with Crippen molar-refractivity contribution in [3.05, 3.63) is 29.8 Å². The van der Waals surface area contributed by atoms with Crippen molar-refractivity contribution >= 4 is 5.69 Å². The van der Waals surface area contributed by atoms with Crippen LogP contribution < -0.4 is 5.32 Å². The molecule has 1 aliphatic rings. The normalized spacial score (nSPS) is 16.4. The summed E-state index contributed by atoms with van der Waals surface area (Å²) < 4.78 is 26.2. The molecule has 1 nitrogen and oxygen atoms in total. The van der Waals surface area contributed by atoms with Crippen molar-refractivity contribution in [3.63, 3.8) is 0 Å². The van der Waals surface area contributed by atoms with E-state index in [1.165, 1.54) is 37.5 Å². The maximum atomic E-state index is 13.1. The summed E-state index contributed by atoms with van der Waals surface area (Å²) in [5, 5.41) is 2.83. The molecule has 76 valence electrons. The summed E-state index contributed by atoms with van der Waals surface area (Å²) in [6, 6.07) is 3.91. The van der Waals surface area contributed by atoms with Crippen molar-refractivity contribution in [1.82, 2.24) is 0 Å². The highest BCUT2D eigenvalue weighted by atomic mass is 19.1. The fourth-order valence-electron chi connectivity index (χ4n) is 1.61. The molecule has 2 rings (SSSR count). The number of anilines is 1. The van der Waals surface area contributed by atoms with Crippen molar-refractivity contribution in [3.8, 4) is 0 Å². The van der Waals surface area contributed by atoms with Crippen LogP contribution in [0.4, 0.5) is 14.5 Å². The van der Waals surface area contributed by atoms with Gasteiger partial charge < -0.3 is 5.32 Å². The van der Waals surface area contributed by atoms with Crippen LogP contribution in [0.1, 0.15) is 19.3 Å². The predicted molar refractivity (Wildman–Crippen MR) is 52.2 cm³/mol. The molecule has 0 heterocycles. The van der Waals surface area contributed by atoms with E-state index >= 15 is 0 Å². The zero-order valence-corrected chi connectivity index (χ0v) is 7.89. The molecule has 14 heavy (non-hydrogen) atoms. The van der Waals surface area contributed by atoms with E-state index in [4.69, 9.17) is 0 Å². The standard InChI is InChI=1S/C11H13F2N/c12-9-5-2-6-10(13)11(9)14-7-8-3-1-4-8/h2,5-6,8,14H,1,3-4,7H2. The summed E-state index contributed by atoms with van der Waals surface area (Å²) in [7, 11) is 0. The lowest BCUT2D eigenvalue weighted by molar-refractivity contribution is 0.332. The lowest BCUT2D eigenvalue weighted by Gasteiger charge is -2.26. The van der Waals surface area contributed by atoms with E-state index < -0.39 is 11.6 Å². The maximum Gasteiger partial charge on any atom is 0.149 e. The van der Waals surface area contributed by atoms with E-state index in [0.717, 1.165) is 0 Å². The van der Waals surface area contributed by atoms with Crippen LogP contribution in [0.25, 0.3) is 0 Å². The highest BCUT2D eigenvalue weighted by molar-refractivity contribution is 5.46. The van der Waals surface area contributed by atoms with Crippen LogP contribution in [-0.4, -0.2) is 6.54 Å². The fraction of sp³-hybridized carbons (Fsp3) is 0.455. The van der Waals surface area contributed by atoms with Crippen LogP contribution in [0.5, 0.6) is 0 Å². The van der Waals surface area contributed by atoms with Gasteiger partial charge in [-0.3, -0.25) is 0 Å².